The molecule has 3 aromatic rings. The highest BCUT2D eigenvalue weighted by atomic mass is 16.4. The average Bonchev–Trinajstić information content (AvgIpc) is 3.48. The van der Waals surface area contributed by atoms with E-state index in [2.05, 4.69) is 38.2 Å². The van der Waals surface area contributed by atoms with Crippen LogP contribution in [0.1, 0.15) is 72.7 Å². The Morgan fingerprint density at radius 3 is 2.25 bits per heavy atom. The predicted octanol–water partition coefficient (Wildman–Crippen LogP) is 2.37. The van der Waals surface area contributed by atoms with E-state index in [1.807, 2.05) is 26.0 Å². The smallest absolute Gasteiger partial charge is 0.426 e. The van der Waals surface area contributed by atoms with Crippen LogP contribution in [0.3, 0.4) is 0 Å². The molecule has 0 unspecified atom stereocenters. The molecule has 0 aliphatic carbocycles. The summed E-state index contributed by atoms with van der Waals surface area (Å²) in [6.45, 7) is 5.80. The third-order valence-corrected chi connectivity index (χ3v) is 6.57. The number of aromatic nitrogens is 4. The van der Waals surface area contributed by atoms with Crippen molar-refractivity contribution in [2.24, 2.45) is 11.8 Å². The Bertz CT molecular complexity index is 1230. The molecule has 12 heteroatoms. The lowest BCUT2D eigenvalue weighted by Crippen LogP contribution is -2.50. The van der Waals surface area contributed by atoms with E-state index in [0.29, 0.717) is 28.9 Å². The Labute approximate surface area is 234 Å². The number of rotatable bonds is 15. The third-order valence-electron chi connectivity index (χ3n) is 6.57. The van der Waals surface area contributed by atoms with Gasteiger partial charge in [0.05, 0.1) is 11.9 Å². The highest BCUT2D eigenvalue weighted by Crippen LogP contribution is 2.16. The van der Waals surface area contributed by atoms with Gasteiger partial charge in [-0.1, -0.05) is 63.6 Å². The van der Waals surface area contributed by atoms with E-state index in [9.17, 15) is 24.4 Å². The summed E-state index contributed by atoms with van der Waals surface area (Å²) in [4.78, 5) is 39.2. The SMILES string of the molecule is CCCCc1ccc(C(=O)C[C@@H](CNC(=O)c2ccc(-c3nn[nH]n3)cc2)C(=O)N[C@@H](CC(C)C)B(O)O)cc1. The number of carbonyl (C=O) groups excluding carboxylic acids is 3. The van der Waals surface area contributed by atoms with E-state index in [0.717, 1.165) is 24.8 Å². The number of tetrazole rings is 1. The molecule has 1 aromatic heterocycles. The summed E-state index contributed by atoms with van der Waals surface area (Å²) < 4.78 is 0. The molecule has 1 heterocycles. The first-order valence-corrected chi connectivity index (χ1v) is 13.6. The molecular weight excluding hydrogens is 511 g/mol. The Morgan fingerprint density at radius 1 is 1.00 bits per heavy atom. The van der Waals surface area contributed by atoms with Crippen LogP contribution in [-0.4, -0.2) is 67.9 Å². The maximum absolute atomic E-state index is 13.2. The Morgan fingerprint density at radius 2 is 1.68 bits per heavy atom. The number of benzene rings is 2. The summed E-state index contributed by atoms with van der Waals surface area (Å²) >= 11 is 0. The minimum atomic E-state index is -1.76. The van der Waals surface area contributed by atoms with Crippen molar-refractivity contribution in [3.63, 3.8) is 0 Å². The van der Waals surface area contributed by atoms with Crippen LogP contribution in [0.15, 0.2) is 48.5 Å². The fraction of sp³-hybridized carbons (Fsp3) is 0.429. The van der Waals surface area contributed by atoms with Gasteiger partial charge in [0.25, 0.3) is 5.91 Å². The highest BCUT2D eigenvalue weighted by molar-refractivity contribution is 6.43. The largest absolute Gasteiger partial charge is 0.475 e. The molecule has 2 atom stereocenters. The number of H-pyrrole nitrogens is 1. The van der Waals surface area contributed by atoms with Crippen molar-refractivity contribution >= 4 is 24.7 Å². The minimum Gasteiger partial charge on any atom is -0.426 e. The van der Waals surface area contributed by atoms with Gasteiger partial charge in [-0.3, -0.25) is 14.4 Å². The molecule has 0 bridgehead atoms. The van der Waals surface area contributed by atoms with Crippen LogP contribution < -0.4 is 10.6 Å². The number of nitrogens with one attached hydrogen (secondary N) is 3. The number of Topliss-reactive ketones (excluding diaryl/α,β-unsaturated/α-hetero) is 1. The second-order valence-electron chi connectivity index (χ2n) is 10.3. The van der Waals surface area contributed by atoms with Crippen LogP contribution in [0.25, 0.3) is 11.4 Å². The maximum Gasteiger partial charge on any atom is 0.475 e. The highest BCUT2D eigenvalue weighted by Gasteiger charge is 2.30. The molecule has 3 rings (SSSR count). The predicted molar refractivity (Wildman–Crippen MR) is 151 cm³/mol. The molecule has 0 saturated heterocycles. The zero-order chi connectivity index (χ0) is 29.1. The van der Waals surface area contributed by atoms with Gasteiger partial charge in [-0.15, -0.1) is 10.2 Å². The fourth-order valence-corrected chi connectivity index (χ4v) is 4.27. The number of amides is 2. The van der Waals surface area contributed by atoms with E-state index >= 15 is 0 Å². The lowest BCUT2D eigenvalue weighted by atomic mass is 9.74. The second kappa shape index (κ2) is 15.0. The number of ketones is 1. The standard InChI is InChI=1S/C28H37BN6O5/c1-4-5-6-19-7-9-20(10-8-19)24(36)16-23(28(38)31-25(29(39)40)15-18(2)3)17-30-27(37)22-13-11-21(12-14-22)26-32-34-35-33-26/h7-14,18,23,25,39-40H,4-6,15-17H2,1-3H3,(H,30,37)(H,31,38)(H,32,33,34,35)/t23-,25-/m0/s1. The molecular formula is C28H37BN6O5. The molecule has 0 aliphatic heterocycles. The van der Waals surface area contributed by atoms with Gasteiger partial charge < -0.3 is 20.7 Å². The van der Waals surface area contributed by atoms with Crippen LogP contribution in [0.5, 0.6) is 0 Å². The van der Waals surface area contributed by atoms with Gasteiger partial charge in [-0.2, -0.15) is 5.21 Å². The summed E-state index contributed by atoms with van der Waals surface area (Å²) in [5, 5.41) is 38.7. The molecule has 2 amide bonds. The number of aromatic amines is 1. The maximum atomic E-state index is 13.2. The lowest BCUT2D eigenvalue weighted by Gasteiger charge is -2.23. The van der Waals surface area contributed by atoms with Crippen LogP contribution in [0.2, 0.25) is 0 Å². The van der Waals surface area contributed by atoms with Gasteiger partial charge in [0.1, 0.15) is 0 Å². The Hall–Kier alpha value is -3.90. The molecule has 5 N–H and O–H groups in total. The van der Waals surface area contributed by atoms with Gasteiger partial charge in [0.15, 0.2) is 5.78 Å². The normalized spacial score (nSPS) is 12.6. The van der Waals surface area contributed by atoms with Crippen LogP contribution in [0.4, 0.5) is 0 Å². The second-order valence-corrected chi connectivity index (χ2v) is 10.3. The summed E-state index contributed by atoms with van der Waals surface area (Å²) in [5.74, 6) is -2.56. The first kappa shape index (κ1) is 30.6. The molecule has 212 valence electrons. The average molecular weight is 548 g/mol. The zero-order valence-electron chi connectivity index (χ0n) is 23.1. The van der Waals surface area contributed by atoms with Crippen molar-refractivity contribution in [1.29, 1.82) is 0 Å². The Kier molecular flexibility index (Phi) is 11.5. The summed E-state index contributed by atoms with van der Waals surface area (Å²) in [6.07, 6.45) is 3.24. The van der Waals surface area contributed by atoms with Gasteiger partial charge in [-0.25, -0.2) is 0 Å². The van der Waals surface area contributed by atoms with Gasteiger partial charge >= 0.3 is 7.12 Å². The fourth-order valence-electron chi connectivity index (χ4n) is 4.27. The topological polar surface area (TPSA) is 170 Å². The van der Waals surface area contributed by atoms with E-state index in [1.165, 1.54) is 0 Å². The zero-order valence-corrected chi connectivity index (χ0v) is 23.1. The number of hydrogen-bond acceptors (Lipinski definition) is 8. The van der Waals surface area contributed by atoms with Crippen molar-refractivity contribution in [2.45, 2.75) is 58.8 Å². The van der Waals surface area contributed by atoms with Crippen molar-refractivity contribution in [3.05, 3.63) is 65.2 Å². The summed E-state index contributed by atoms with van der Waals surface area (Å²) in [5.41, 5.74) is 2.64. The monoisotopic (exact) mass is 548 g/mol. The number of carbonyl (C=O) groups is 3. The first-order valence-electron chi connectivity index (χ1n) is 13.6. The number of hydrogen-bond donors (Lipinski definition) is 5. The van der Waals surface area contributed by atoms with E-state index in [1.54, 1.807) is 36.4 Å². The van der Waals surface area contributed by atoms with Crippen molar-refractivity contribution in [3.8, 4) is 11.4 Å². The third kappa shape index (κ3) is 9.10. The molecule has 0 radical (unpaired) electrons. The molecule has 0 fully saturated rings. The van der Waals surface area contributed by atoms with Crippen LogP contribution >= 0.6 is 0 Å². The number of aryl methyl sites for hydroxylation is 1. The van der Waals surface area contributed by atoms with Crippen LogP contribution in [-0.2, 0) is 11.2 Å². The van der Waals surface area contributed by atoms with Crippen LogP contribution in [0, 0.1) is 11.8 Å². The van der Waals surface area contributed by atoms with Crippen molar-refractivity contribution in [1.82, 2.24) is 31.3 Å². The summed E-state index contributed by atoms with van der Waals surface area (Å²) in [7, 11) is -1.76. The van der Waals surface area contributed by atoms with E-state index in [-0.39, 0.29) is 24.7 Å². The molecule has 2 aromatic carbocycles. The molecule has 0 aliphatic rings. The van der Waals surface area contributed by atoms with Gasteiger partial charge in [-0.05, 0) is 48.1 Å². The Balaban J connectivity index is 1.71. The minimum absolute atomic E-state index is 0.0912. The molecule has 0 saturated carbocycles. The van der Waals surface area contributed by atoms with Gasteiger partial charge in [0.2, 0.25) is 11.7 Å². The quantitative estimate of drug-likeness (QED) is 0.142. The van der Waals surface area contributed by atoms with Gasteiger partial charge in [0, 0.05) is 29.7 Å². The molecule has 40 heavy (non-hydrogen) atoms. The van der Waals surface area contributed by atoms with E-state index < -0.39 is 30.8 Å². The number of unbranched alkanes of at least 4 members (excludes halogenated alkanes) is 1. The lowest BCUT2D eigenvalue weighted by molar-refractivity contribution is -0.125. The summed E-state index contributed by atoms with van der Waals surface area (Å²) in [6, 6.07) is 13.9. The molecule has 0 spiro atoms. The van der Waals surface area contributed by atoms with Crippen molar-refractivity contribution in [2.75, 3.05) is 6.54 Å². The first-order chi connectivity index (χ1) is 19.2. The van der Waals surface area contributed by atoms with Crippen molar-refractivity contribution < 1.29 is 24.4 Å². The number of nitrogens with zero attached hydrogens (tertiary/aromatic N) is 3. The van der Waals surface area contributed by atoms with E-state index in [4.69, 9.17) is 0 Å². The molecule has 11 nitrogen and oxygen atoms in total.